The summed E-state index contributed by atoms with van der Waals surface area (Å²) in [4.78, 5) is 16.9. The molecule has 0 radical (unpaired) electrons. The van der Waals surface area contributed by atoms with Crippen molar-refractivity contribution in [3.05, 3.63) is 85.7 Å². The number of rotatable bonds is 6. The molecule has 0 bridgehead atoms. The van der Waals surface area contributed by atoms with Crippen LogP contribution in [-0.2, 0) is 13.2 Å². The third kappa shape index (κ3) is 5.36. The summed E-state index contributed by atoms with van der Waals surface area (Å²) in [5.74, 6) is 1.12. The van der Waals surface area contributed by atoms with Crippen molar-refractivity contribution in [1.82, 2.24) is 9.80 Å². The maximum absolute atomic E-state index is 12.9. The Bertz CT molecular complexity index is 1090. The largest absolute Gasteiger partial charge is 0.484 e. The molecule has 1 aromatic heterocycles. The van der Waals surface area contributed by atoms with E-state index in [4.69, 9.17) is 55.6 Å². The van der Waals surface area contributed by atoms with Gasteiger partial charge in [0.1, 0.15) is 23.1 Å². The molecule has 1 saturated heterocycles. The van der Waals surface area contributed by atoms with Gasteiger partial charge in [0.25, 0.3) is 5.91 Å². The molecule has 0 N–H and O–H groups in total. The van der Waals surface area contributed by atoms with E-state index in [9.17, 15) is 4.79 Å². The topological polar surface area (TPSA) is 45.9 Å². The zero-order valence-corrected chi connectivity index (χ0v) is 20.0. The molecule has 0 saturated carbocycles. The van der Waals surface area contributed by atoms with Crippen molar-refractivity contribution in [3.63, 3.8) is 0 Å². The quantitative estimate of drug-likeness (QED) is 0.381. The highest BCUT2D eigenvalue weighted by Crippen LogP contribution is 2.32. The summed E-state index contributed by atoms with van der Waals surface area (Å²) in [5.41, 5.74) is 0.908. The Balaban J connectivity index is 1.31. The molecule has 3 aromatic rings. The van der Waals surface area contributed by atoms with Crippen molar-refractivity contribution in [2.45, 2.75) is 13.2 Å². The smallest absolute Gasteiger partial charge is 0.289 e. The molecular weight excluding hydrogens is 494 g/mol. The number of piperazine rings is 1. The average Bonchev–Trinajstić information content (AvgIpc) is 3.26. The summed E-state index contributed by atoms with van der Waals surface area (Å²) in [5, 5.41) is 2.06. The van der Waals surface area contributed by atoms with Crippen LogP contribution in [0.3, 0.4) is 0 Å². The lowest BCUT2D eigenvalue weighted by atomic mass is 10.2. The van der Waals surface area contributed by atoms with E-state index in [0.717, 1.165) is 18.7 Å². The van der Waals surface area contributed by atoms with E-state index in [1.807, 2.05) is 18.2 Å². The fraction of sp³-hybridized carbons (Fsp3) is 0.261. The van der Waals surface area contributed by atoms with E-state index >= 15 is 0 Å². The van der Waals surface area contributed by atoms with E-state index in [-0.39, 0.29) is 18.3 Å². The molecule has 168 valence electrons. The summed E-state index contributed by atoms with van der Waals surface area (Å²) in [6.45, 7) is 3.40. The minimum atomic E-state index is -0.146. The van der Waals surface area contributed by atoms with Crippen LogP contribution >= 0.6 is 46.4 Å². The summed E-state index contributed by atoms with van der Waals surface area (Å²) in [6.07, 6.45) is 0. The number of nitrogens with zero attached hydrogens (tertiary/aromatic N) is 2. The molecular formula is C23H20Cl4N2O3. The molecule has 0 aliphatic carbocycles. The first-order chi connectivity index (χ1) is 15.4. The molecule has 2 heterocycles. The summed E-state index contributed by atoms with van der Waals surface area (Å²) in [7, 11) is 0. The van der Waals surface area contributed by atoms with Crippen LogP contribution in [0.15, 0.2) is 52.9 Å². The summed E-state index contributed by atoms with van der Waals surface area (Å²) in [6, 6.07) is 14.0. The second-order valence-electron chi connectivity index (χ2n) is 7.38. The zero-order valence-electron chi connectivity index (χ0n) is 17.0. The van der Waals surface area contributed by atoms with Gasteiger partial charge in [0, 0.05) is 48.3 Å². The Morgan fingerprint density at radius 3 is 2.25 bits per heavy atom. The first-order valence-electron chi connectivity index (χ1n) is 10.0. The molecule has 5 nitrogen and oxygen atoms in total. The van der Waals surface area contributed by atoms with Gasteiger partial charge in [-0.05, 0) is 36.4 Å². The predicted octanol–water partition coefficient (Wildman–Crippen LogP) is 6.43. The van der Waals surface area contributed by atoms with Crippen molar-refractivity contribution >= 4 is 52.3 Å². The van der Waals surface area contributed by atoms with Gasteiger partial charge in [-0.1, -0.05) is 58.5 Å². The molecule has 1 aliphatic heterocycles. The standard InChI is InChI=1S/C23H20Cl4N2O3/c24-17-3-1-4-18(25)16(17)13-28-9-11-29(12-10-28)23(30)21-8-7-15(32-21)14-31-20-6-2-5-19(26)22(20)27/h1-8H,9-14H2. The molecule has 0 unspecified atom stereocenters. The van der Waals surface area contributed by atoms with Gasteiger partial charge in [0.2, 0.25) is 0 Å². The summed E-state index contributed by atoms with van der Waals surface area (Å²) >= 11 is 24.7. The molecule has 0 atom stereocenters. The Morgan fingerprint density at radius 1 is 0.875 bits per heavy atom. The SMILES string of the molecule is O=C(c1ccc(COc2cccc(Cl)c2Cl)o1)N1CCN(Cc2c(Cl)cccc2Cl)CC1. The van der Waals surface area contributed by atoms with E-state index in [0.29, 0.717) is 51.2 Å². The van der Waals surface area contributed by atoms with Crippen molar-refractivity contribution in [1.29, 1.82) is 0 Å². The number of furan rings is 1. The van der Waals surface area contributed by atoms with E-state index < -0.39 is 0 Å². The van der Waals surface area contributed by atoms with Crippen molar-refractivity contribution in [2.75, 3.05) is 26.2 Å². The molecule has 0 spiro atoms. The maximum atomic E-state index is 12.9. The fourth-order valence-corrected chi connectivity index (χ4v) is 4.35. The summed E-state index contributed by atoms with van der Waals surface area (Å²) < 4.78 is 11.4. The fourth-order valence-electron chi connectivity index (χ4n) is 3.49. The number of halogens is 4. The van der Waals surface area contributed by atoms with Gasteiger partial charge < -0.3 is 14.1 Å². The Hall–Kier alpha value is -1.89. The van der Waals surface area contributed by atoms with Gasteiger partial charge in [-0.2, -0.15) is 0 Å². The lowest BCUT2D eigenvalue weighted by Crippen LogP contribution is -2.48. The third-order valence-corrected chi connectivity index (χ3v) is 6.77. The van der Waals surface area contributed by atoms with Gasteiger partial charge in [-0.25, -0.2) is 0 Å². The molecule has 9 heteroatoms. The predicted molar refractivity (Wildman–Crippen MR) is 127 cm³/mol. The first-order valence-corrected chi connectivity index (χ1v) is 11.5. The van der Waals surface area contributed by atoms with Gasteiger partial charge in [-0.15, -0.1) is 0 Å². The molecule has 4 rings (SSSR count). The number of hydrogen-bond acceptors (Lipinski definition) is 4. The molecule has 1 amide bonds. The Labute approximate surface area is 206 Å². The van der Waals surface area contributed by atoms with E-state index in [1.54, 1.807) is 35.2 Å². The minimum Gasteiger partial charge on any atom is -0.484 e. The number of benzene rings is 2. The van der Waals surface area contributed by atoms with Crippen LogP contribution in [0.2, 0.25) is 20.1 Å². The van der Waals surface area contributed by atoms with Crippen LogP contribution < -0.4 is 4.74 Å². The third-order valence-electron chi connectivity index (χ3n) is 5.26. The first kappa shape index (κ1) is 23.3. The van der Waals surface area contributed by atoms with E-state index in [2.05, 4.69) is 4.90 Å². The van der Waals surface area contributed by atoms with Crippen LogP contribution in [-0.4, -0.2) is 41.9 Å². The minimum absolute atomic E-state index is 0.139. The number of ether oxygens (including phenoxy) is 1. The van der Waals surface area contributed by atoms with Gasteiger partial charge in [0.15, 0.2) is 5.76 Å². The second kappa shape index (κ2) is 10.4. The normalized spacial score (nSPS) is 14.6. The lowest BCUT2D eigenvalue weighted by molar-refractivity contribution is 0.0594. The van der Waals surface area contributed by atoms with Crippen molar-refractivity contribution in [2.24, 2.45) is 0 Å². The second-order valence-corrected chi connectivity index (χ2v) is 8.97. The number of hydrogen-bond donors (Lipinski definition) is 0. The molecule has 32 heavy (non-hydrogen) atoms. The highest BCUT2D eigenvalue weighted by atomic mass is 35.5. The highest BCUT2D eigenvalue weighted by molar-refractivity contribution is 6.42. The van der Waals surface area contributed by atoms with E-state index in [1.165, 1.54) is 0 Å². The Kier molecular flexibility index (Phi) is 7.54. The average molecular weight is 514 g/mol. The number of amides is 1. The molecule has 1 fully saturated rings. The highest BCUT2D eigenvalue weighted by Gasteiger charge is 2.25. The molecule has 2 aromatic carbocycles. The number of carbonyl (C=O) groups is 1. The monoisotopic (exact) mass is 512 g/mol. The lowest BCUT2D eigenvalue weighted by Gasteiger charge is -2.34. The maximum Gasteiger partial charge on any atom is 0.289 e. The van der Waals surface area contributed by atoms with Crippen molar-refractivity contribution in [3.8, 4) is 5.75 Å². The van der Waals surface area contributed by atoms with Crippen LogP contribution in [0.4, 0.5) is 0 Å². The van der Waals surface area contributed by atoms with Gasteiger partial charge in [-0.3, -0.25) is 9.69 Å². The number of carbonyl (C=O) groups excluding carboxylic acids is 1. The zero-order chi connectivity index (χ0) is 22.7. The van der Waals surface area contributed by atoms with Crippen LogP contribution in [0.5, 0.6) is 5.75 Å². The van der Waals surface area contributed by atoms with Crippen LogP contribution in [0.25, 0.3) is 0 Å². The van der Waals surface area contributed by atoms with Crippen molar-refractivity contribution < 1.29 is 13.9 Å². The van der Waals surface area contributed by atoms with Gasteiger partial charge in [0.05, 0.1) is 5.02 Å². The van der Waals surface area contributed by atoms with Crippen LogP contribution in [0.1, 0.15) is 21.9 Å². The van der Waals surface area contributed by atoms with Crippen LogP contribution in [0, 0.1) is 0 Å². The molecule has 1 aliphatic rings. The Morgan fingerprint density at radius 2 is 1.53 bits per heavy atom. The van der Waals surface area contributed by atoms with Gasteiger partial charge >= 0.3 is 0 Å².